The molecule has 4 N–H and O–H groups in total. The lowest BCUT2D eigenvalue weighted by molar-refractivity contribution is 0.222. The molecule has 0 aliphatic carbocycles. The van der Waals surface area contributed by atoms with Crippen LogP contribution in [0.15, 0.2) is 12.4 Å². The van der Waals surface area contributed by atoms with E-state index in [1.54, 1.807) is 6.20 Å². The molecule has 2 heterocycles. The molecule has 0 saturated carbocycles. The van der Waals surface area contributed by atoms with E-state index in [1.807, 2.05) is 31.7 Å². The summed E-state index contributed by atoms with van der Waals surface area (Å²) in [6, 6.07) is 0.229. The fraction of sp³-hybridized carbons (Fsp3) is 0.500. The molecule has 114 valence electrons. The van der Waals surface area contributed by atoms with Gasteiger partial charge in [0.1, 0.15) is 5.82 Å². The van der Waals surface area contributed by atoms with E-state index in [9.17, 15) is 0 Å². The molecule has 0 unspecified atom stereocenters. The van der Waals surface area contributed by atoms with Crippen molar-refractivity contribution in [1.82, 2.24) is 24.5 Å². The monoisotopic (exact) mass is 292 g/mol. The number of hydrogen-bond donors (Lipinski definition) is 3. The van der Waals surface area contributed by atoms with E-state index in [-0.39, 0.29) is 18.1 Å². The Morgan fingerprint density at radius 1 is 1.29 bits per heavy atom. The highest BCUT2D eigenvalue weighted by molar-refractivity contribution is 5.34. The second kappa shape index (κ2) is 6.84. The lowest BCUT2D eigenvalue weighted by atomic mass is 10.4. The van der Waals surface area contributed by atoms with Gasteiger partial charge in [-0.25, -0.2) is 10.8 Å². The van der Waals surface area contributed by atoms with Crippen LogP contribution in [-0.4, -0.2) is 37.2 Å². The molecule has 0 atom stereocenters. The summed E-state index contributed by atoms with van der Waals surface area (Å²) in [6.45, 7) is 4.43. The van der Waals surface area contributed by atoms with Gasteiger partial charge in [-0.15, -0.1) is 0 Å². The lowest BCUT2D eigenvalue weighted by Gasteiger charge is -2.11. The SMILES string of the molecule is CC(C)Oc1nc(NN)nc(NCCc2nccn2C)n1. The third kappa shape index (κ3) is 4.28. The Balaban J connectivity index is 2.00. The fourth-order valence-electron chi connectivity index (χ4n) is 1.69. The highest BCUT2D eigenvalue weighted by atomic mass is 16.5. The average molecular weight is 292 g/mol. The number of hydrogen-bond acceptors (Lipinski definition) is 8. The van der Waals surface area contributed by atoms with Gasteiger partial charge in [0.15, 0.2) is 0 Å². The van der Waals surface area contributed by atoms with E-state index in [2.05, 4.69) is 30.7 Å². The number of ether oxygens (including phenoxy) is 1. The van der Waals surface area contributed by atoms with Gasteiger partial charge in [-0.2, -0.15) is 15.0 Å². The zero-order valence-electron chi connectivity index (χ0n) is 12.4. The fourth-order valence-corrected chi connectivity index (χ4v) is 1.69. The molecule has 0 fully saturated rings. The van der Waals surface area contributed by atoms with Crippen LogP contribution in [0.25, 0.3) is 0 Å². The first-order chi connectivity index (χ1) is 10.1. The number of anilines is 2. The van der Waals surface area contributed by atoms with E-state index in [0.29, 0.717) is 12.5 Å². The van der Waals surface area contributed by atoms with Crippen molar-refractivity contribution in [3.63, 3.8) is 0 Å². The second-order valence-electron chi connectivity index (χ2n) is 4.71. The number of nitrogens with zero attached hydrogens (tertiary/aromatic N) is 5. The second-order valence-corrected chi connectivity index (χ2v) is 4.71. The van der Waals surface area contributed by atoms with Crippen molar-refractivity contribution in [2.75, 3.05) is 17.3 Å². The lowest BCUT2D eigenvalue weighted by Crippen LogP contribution is -2.17. The Morgan fingerprint density at radius 2 is 2.05 bits per heavy atom. The maximum Gasteiger partial charge on any atom is 0.323 e. The van der Waals surface area contributed by atoms with E-state index in [1.165, 1.54) is 0 Å². The first-order valence-corrected chi connectivity index (χ1v) is 6.68. The summed E-state index contributed by atoms with van der Waals surface area (Å²) < 4.78 is 7.42. The van der Waals surface area contributed by atoms with Crippen LogP contribution in [0.2, 0.25) is 0 Å². The molecule has 9 nitrogen and oxygen atoms in total. The minimum Gasteiger partial charge on any atom is -0.461 e. The van der Waals surface area contributed by atoms with E-state index >= 15 is 0 Å². The quantitative estimate of drug-likeness (QED) is 0.494. The Kier molecular flexibility index (Phi) is 4.88. The topological polar surface area (TPSA) is 116 Å². The molecule has 0 aromatic carbocycles. The van der Waals surface area contributed by atoms with Gasteiger partial charge in [0.05, 0.1) is 6.10 Å². The zero-order valence-corrected chi connectivity index (χ0v) is 12.4. The van der Waals surface area contributed by atoms with Crippen molar-refractivity contribution in [1.29, 1.82) is 0 Å². The molecule has 2 aromatic heterocycles. The van der Waals surface area contributed by atoms with Crippen LogP contribution >= 0.6 is 0 Å². The third-order valence-corrected chi connectivity index (χ3v) is 2.64. The first kappa shape index (κ1) is 15.0. The molecule has 0 aliphatic rings. The van der Waals surface area contributed by atoms with Crippen molar-refractivity contribution >= 4 is 11.9 Å². The third-order valence-electron chi connectivity index (χ3n) is 2.64. The van der Waals surface area contributed by atoms with Crippen molar-refractivity contribution < 1.29 is 4.74 Å². The summed E-state index contributed by atoms with van der Waals surface area (Å²) in [5.74, 6) is 6.98. The normalized spacial score (nSPS) is 10.7. The summed E-state index contributed by atoms with van der Waals surface area (Å²) in [4.78, 5) is 16.6. The predicted molar refractivity (Wildman–Crippen MR) is 78.8 cm³/mol. The highest BCUT2D eigenvalue weighted by Gasteiger charge is 2.08. The van der Waals surface area contributed by atoms with Crippen molar-refractivity contribution in [3.8, 4) is 6.01 Å². The minimum atomic E-state index is -0.0292. The van der Waals surface area contributed by atoms with Crippen LogP contribution in [-0.2, 0) is 13.5 Å². The van der Waals surface area contributed by atoms with Gasteiger partial charge in [0.2, 0.25) is 11.9 Å². The highest BCUT2D eigenvalue weighted by Crippen LogP contribution is 2.11. The van der Waals surface area contributed by atoms with Crippen LogP contribution in [0.1, 0.15) is 19.7 Å². The first-order valence-electron chi connectivity index (χ1n) is 6.68. The van der Waals surface area contributed by atoms with Gasteiger partial charge >= 0.3 is 6.01 Å². The summed E-state index contributed by atoms with van der Waals surface area (Å²) >= 11 is 0. The molecular weight excluding hydrogens is 272 g/mol. The summed E-state index contributed by atoms with van der Waals surface area (Å²) in [6.07, 6.45) is 4.39. The van der Waals surface area contributed by atoms with Crippen molar-refractivity contribution in [2.45, 2.75) is 26.4 Å². The molecule has 0 aliphatic heterocycles. The number of aryl methyl sites for hydroxylation is 1. The molecule has 2 rings (SSSR count). The predicted octanol–water partition coefficient (Wildman–Crippen LogP) is 0.332. The van der Waals surface area contributed by atoms with E-state index in [4.69, 9.17) is 10.6 Å². The van der Waals surface area contributed by atoms with E-state index < -0.39 is 0 Å². The number of nitrogens with two attached hydrogens (primary N) is 1. The minimum absolute atomic E-state index is 0.0292. The Hall–Kier alpha value is -2.42. The maximum absolute atomic E-state index is 5.45. The Labute approximate surface area is 122 Å². The molecule has 0 radical (unpaired) electrons. The Morgan fingerprint density at radius 3 is 2.67 bits per heavy atom. The van der Waals surface area contributed by atoms with Gasteiger partial charge in [-0.05, 0) is 13.8 Å². The van der Waals surface area contributed by atoms with Gasteiger partial charge in [0, 0.05) is 32.4 Å². The summed E-state index contributed by atoms with van der Waals surface area (Å²) in [7, 11) is 1.95. The summed E-state index contributed by atoms with van der Waals surface area (Å²) in [5.41, 5.74) is 2.40. The van der Waals surface area contributed by atoms with Crippen LogP contribution in [0, 0.1) is 0 Å². The number of hydrazine groups is 1. The molecule has 0 saturated heterocycles. The molecule has 0 spiro atoms. The molecule has 0 amide bonds. The molecular formula is C12H20N8O. The van der Waals surface area contributed by atoms with Crippen LogP contribution in [0.5, 0.6) is 6.01 Å². The maximum atomic E-state index is 5.45. The van der Waals surface area contributed by atoms with E-state index in [0.717, 1.165) is 12.2 Å². The van der Waals surface area contributed by atoms with Crippen molar-refractivity contribution in [3.05, 3.63) is 18.2 Å². The molecule has 0 bridgehead atoms. The molecule has 21 heavy (non-hydrogen) atoms. The summed E-state index contributed by atoms with van der Waals surface area (Å²) in [5, 5.41) is 3.11. The Bertz CT molecular complexity index is 582. The number of rotatable bonds is 7. The number of aromatic nitrogens is 5. The van der Waals surface area contributed by atoms with Crippen LogP contribution < -0.4 is 21.3 Å². The van der Waals surface area contributed by atoms with Crippen molar-refractivity contribution in [2.24, 2.45) is 12.9 Å². The number of nitrogens with one attached hydrogen (secondary N) is 2. The van der Waals surface area contributed by atoms with Crippen LogP contribution in [0.4, 0.5) is 11.9 Å². The smallest absolute Gasteiger partial charge is 0.323 e. The standard InChI is InChI=1S/C12H20N8O/c1-8(2)21-12-17-10(16-11(18-12)19-13)15-5-4-9-14-6-7-20(9)3/h6-8H,4-5,13H2,1-3H3,(H2,15,16,17,18,19). The van der Waals surface area contributed by atoms with Gasteiger partial charge < -0.3 is 14.6 Å². The zero-order chi connectivity index (χ0) is 15.2. The van der Waals surface area contributed by atoms with Gasteiger partial charge in [-0.1, -0.05) is 0 Å². The largest absolute Gasteiger partial charge is 0.461 e. The molecule has 2 aromatic rings. The van der Waals surface area contributed by atoms with Gasteiger partial charge in [0.25, 0.3) is 0 Å². The number of imidazole rings is 1. The number of nitrogen functional groups attached to an aromatic ring is 1. The molecule has 9 heteroatoms. The average Bonchev–Trinajstić information content (AvgIpc) is 2.83. The van der Waals surface area contributed by atoms with Crippen LogP contribution in [0.3, 0.4) is 0 Å². The van der Waals surface area contributed by atoms with Gasteiger partial charge in [-0.3, -0.25) is 5.43 Å².